The third kappa shape index (κ3) is 2.69. The summed E-state index contributed by atoms with van der Waals surface area (Å²) in [5.41, 5.74) is 6.24. The summed E-state index contributed by atoms with van der Waals surface area (Å²) in [6.45, 7) is 3.36. The zero-order valence-corrected chi connectivity index (χ0v) is 9.09. The summed E-state index contributed by atoms with van der Waals surface area (Å²) >= 11 is 0. The monoisotopic (exact) mass is 218 g/mol. The Balaban J connectivity index is 1.84. The number of rotatable bonds is 4. The molecule has 0 aliphatic carbocycles. The maximum Gasteiger partial charge on any atom is 0.129 e. The van der Waals surface area contributed by atoms with Crippen molar-refractivity contribution in [1.29, 1.82) is 0 Å². The summed E-state index contributed by atoms with van der Waals surface area (Å²) in [6, 6.07) is 1.84. The minimum Gasteiger partial charge on any atom is -0.396 e. The summed E-state index contributed by atoms with van der Waals surface area (Å²) in [4.78, 5) is 8.26. The number of hydrogen-bond acceptors (Lipinski definition) is 5. The molecule has 3 N–H and O–H groups in total. The number of nitrogen functional groups attached to an aromatic ring is 1. The van der Waals surface area contributed by atoms with E-state index in [1.807, 2.05) is 13.0 Å². The lowest BCUT2D eigenvalue weighted by atomic mass is 10.5. The predicted molar refractivity (Wildman–Crippen MR) is 61.9 cm³/mol. The number of nitrogens with two attached hydrogens (primary N) is 1. The Hall–Kier alpha value is -2.11. The number of anilines is 2. The Labute approximate surface area is 93.5 Å². The molecule has 0 unspecified atom stereocenters. The Morgan fingerprint density at radius 1 is 1.50 bits per heavy atom. The molecule has 16 heavy (non-hydrogen) atoms. The zero-order valence-electron chi connectivity index (χ0n) is 9.09. The maximum atomic E-state index is 5.56. The Bertz CT molecular complexity index is 464. The summed E-state index contributed by atoms with van der Waals surface area (Å²) in [5, 5.41) is 7.27. The van der Waals surface area contributed by atoms with Gasteiger partial charge in [-0.25, -0.2) is 9.97 Å². The van der Waals surface area contributed by atoms with Crippen LogP contribution in [-0.4, -0.2) is 26.3 Å². The van der Waals surface area contributed by atoms with E-state index in [9.17, 15) is 0 Å². The molecule has 2 rings (SSSR count). The molecule has 2 aromatic rings. The molecule has 0 amide bonds. The van der Waals surface area contributed by atoms with Crippen LogP contribution >= 0.6 is 0 Å². The van der Waals surface area contributed by atoms with Crippen LogP contribution in [0.1, 0.15) is 5.82 Å². The van der Waals surface area contributed by atoms with Crippen LogP contribution in [0.25, 0.3) is 0 Å². The van der Waals surface area contributed by atoms with Gasteiger partial charge in [-0.05, 0) is 13.0 Å². The van der Waals surface area contributed by atoms with E-state index in [1.54, 1.807) is 23.3 Å². The number of nitrogens with zero attached hydrogens (tertiary/aromatic N) is 4. The van der Waals surface area contributed by atoms with Crippen molar-refractivity contribution in [3.8, 4) is 0 Å². The first-order valence-electron chi connectivity index (χ1n) is 5.05. The highest BCUT2D eigenvalue weighted by molar-refractivity contribution is 5.33. The van der Waals surface area contributed by atoms with E-state index < -0.39 is 0 Å². The summed E-state index contributed by atoms with van der Waals surface area (Å²) in [6.07, 6.45) is 5.16. The fourth-order valence-corrected chi connectivity index (χ4v) is 1.36. The summed E-state index contributed by atoms with van der Waals surface area (Å²) < 4.78 is 1.79. The van der Waals surface area contributed by atoms with Gasteiger partial charge in [-0.3, -0.25) is 4.68 Å². The Kier molecular flexibility index (Phi) is 3.00. The van der Waals surface area contributed by atoms with Crippen LogP contribution in [0.2, 0.25) is 0 Å². The largest absolute Gasteiger partial charge is 0.396 e. The Morgan fingerprint density at radius 2 is 2.38 bits per heavy atom. The van der Waals surface area contributed by atoms with Crippen molar-refractivity contribution < 1.29 is 0 Å². The lowest BCUT2D eigenvalue weighted by Gasteiger charge is -2.05. The second-order valence-electron chi connectivity index (χ2n) is 3.45. The van der Waals surface area contributed by atoms with Crippen molar-refractivity contribution in [2.45, 2.75) is 13.5 Å². The van der Waals surface area contributed by atoms with Crippen LogP contribution in [0.5, 0.6) is 0 Å². The van der Waals surface area contributed by atoms with E-state index >= 15 is 0 Å². The topological polar surface area (TPSA) is 81.7 Å². The van der Waals surface area contributed by atoms with Crippen LogP contribution < -0.4 is 11.1 Å². The first kappa shape index (κ1) is 10.4. The van der Waals surface area contributed by atoms with E-state index in [1.165, 1.54) is 0 Å². The molecule has 0 atom stereocenters. The molecule has 0 saturated heterocycles. The zero-order chi connectivity index (χ0) is 11.4. The normalized spacial score (nSPS) is 10.3. The summed E-state index contributed by atoms with van der Waals surface area (Å²) in [5.74, 6) is 1.58. The SMILES string of the molecule is Cc1nccc(NCCn2cc(N)cn2)n1. The van der Waals surface area contributed by atoms with Gasteiger partial charge in [0.1, 0.15) is 11.6 Å². The highest BCUT2D eigenvalue weighted by Gasteiger charge is 1.96. The fraction of sp³-hybridized carbons (Fsp3) is 0.300. The molecular formula is C10H14N6. The fourth-order valence-electron chi connectivity index (χ4n) is 1.36. The lowest BCUT2D eigenvalue weighted by Crippen LogP contribution is -2.12. The molecule has 0 aliphatic heterocycles. The molecular weight excluding hydrogens is 204 g/mol. The van der Waals surface area contributed by atoms with Crippen molar-refractivity contribution >= 4 is 11.5 Å². The second-order valence-corrected chi connectivity index (χ2v) is 3.45. The van der Waals surface area contributed by atoms with Crippen molar-refractivity contribution in [2.24, 2.45) is 0 Å². The van der Waals surface area contributed by atoms with Crippen molar-refractivity contribution in [3.63, 3.8) is 0 Å². The molecule has 0 spiro atoms. The third-order valence-corrected chi connectivity index (χ3v) is 2.08. The van der Waals surface area contributed by atoms with Gasteiger partial charge in [-0.2, -0.15) is 5.10 Å². The van der Waals surface area contributed by atoms with Crippen LogP contribution in [0.4, 0.5) is 11.5 Å². The highest BCUT2D eigenvalue weighted by Crippen LogP contribution is 2.01. The van der Waals surface area contributed by atoms with Gasteiger partial charge in [-0.15, -0.1) is 0 Å². The molecule has 0 bridgehead atoms. The molecule has 0 radical (unpaired) electrons. The van der Waals surface area contributed by atoms with Crippen molar-refractivity contribution in [2.75, 3.05) is 17.6 Å². The minimum absolute atomic E-state index is 0.679. The number of nitrogens with one attached hydrogen (secondary N) is 1. The van der Waals surface area contributed by atoms with Gasteiger partial charge in [0.25, 0.3) is 0 Å². The van der Waals surface area contributed by atoms with Crippen LogP contribution in [0.15, 0.2) is 24.7 Å². The standard InChI is InChI=1S/C10H14N6/c1-8-12-3-2-10(15-8)13-4-5-16-7-9(11)6-14-16/h2-3,6-7H,4-5,11H2,1H3,(H,12,13,15). The number of aromatic nitrogens is 4. The molecule has 0 aliphatic rings. The maximum absolute atomic E-state index is 5.56. The van der Waals surface area contributed by atoms with Gasteiger partial charge in [-0.1, -0.05) is 0 Å². The molecule has 0 fully saturated rings. The van der Waals surface area contributed by atoms with Crippen LogP contribution in [0, 0.1) is 6.92 Å². The smallest absolute Gasteiger partial charge is 0.129 e. The van der Waals surface area contributed by atoms with Gasteiger partial charge in [0.2, 0.25) is 0 Å². The van der Waals surface area contributed by atoms with E-state index in [0.29, 0.717) is 5.69 Å². The second kappa shape index (κ2) is 4.61. The van der Waals surface area contributed by atoms with Crippen LogP contribution in [0.3, 0.4) is 0 Å². The summed E-state index contributed by atoms with van der Waals surface area (Å²) in [7, 11) is 0. The van der Waals surface area contributed by atoms with Crippen molar-refractivity contribution in [1.82, 2.24) is 19.7 Å². The first-order chi connectivity index (χ1) is 7.74. The lowest BCUT2D eigenvalue weighted by molar-refractivity contribution is 0.637. The molecule has 2 aromatic heterocycles. The van der Waals surface area contributed by atoms with Crippen LogP contribution in [-0.2, 0) is 6.54 Å². The molecule has 0 aromatic carbocycles. The van der Waals surface area contributed by atoms with Gasteiger partial charge in [0, 0.05) is 18.9 Å². The Morgan fingerprint density at radius 3 is 3.06 bits per heavy atom. The average molecular weight is 218 g/mol. The van der Waals surface area contributed by atoms with Crippen molar-refractivity contribution in [3.05, 3.63) is 30.5 Å². The van der Waals surface area contributed by atoms with E-state index in [2.05, 4.69) is 20.4 Å². The third-order valence-electron chi connectivity index (χ3n) is 2.08. The minimum atomic E-state index is 0.679. The molecule has 0 saturated carbocycles. The molecule has 6 heteroatoms. The number of hydrogen-bond donors (Lipinski definition) is 2. The van der Waals surface area contributed by atoms with Gasteiger partial charge in [0.15, 0.2) is 0 Å². The van der Waals surface area contributed by atoms with Gasteiger partial charge >= 0.3 is 0 Å². The quantitative estimate of drug-likeness (QED) is 0.788. The first-order valence-corrected chi connectivity index (χ1v) is 5.05. The molecule has 84 valence electrons. The molecule has 6 nitrogen and oxygen atoms in total. The predicted octanol–water partition coefficient (Wildman–Crippen LogP) is 0.676. The van der Waals surface area contributed by atoms with Gasteiger partial charge < -0.3 is 11.1 Å². The highest BCUT2D eigenvalue weighted by atomic mass is 15.3. The molecule has 2 heterocycles. The average Bonchev–Trinajstić information content (AvgIpc) is 2.64. The van der Waals surface area contributed by atoms with Gasteiger partial charge in [0.05, 0.1) is 18.4 Å². The van der Waals surface area contributed by atoms with E-state index in [-0.39, 0.29) is 0 Å². The number of aryl methyl sites for hydroxylation is 1. The van der Waals surface area contributed by atoms with E-state index in [4.69, 9.17) is 5.73 Å². The van der Waals surface area contributed by atoms with E-state index in [0.717, 1.165) is 24.7 Å².